The second-order valence-corrected chi connectivity index (χ2v) is 2.96. The average Bonchev–Trinajstić information content (AvgIpc) is 2.17. The summed E-state index contributed by atoms with van der Waals surface area (Å²) >= 11 is 0. The fraction of sp³-hybridized carbons (Fsp3) is 0.273. The summed E-state index contributed by atoms with van der Waals surface area (Å²) in [6, 6.07) is 5.04. The first-order valence-corrected chi connectivity index (χ1v) is 4.38. The summed E-state index contributed by atoms with van der Waals surface area (Å²) in [5.74, 6) is 2.40. The van der Waals surface area contributed by atoms with E-state index in [2.05, 4.69) is 11.2 Å². The van der Waals surface area contributed by atoms with Crippen LogP contribution in [-0.2, 0) is 6.18 Å². The van der Waals surface area contributed by atoms with Crippen LogP contribution in [0.1, 0.15) is 12.0 Å². The molecule has 0 saturated carbocycles. The molecule has 4 heteroatoms. The molecule has 15 heavy (non-hydrogen) atoms. The van der Waals surface area contributed by atoms with Crippen LogP contribution in [0, 0.1) is 12.3 Å². The molecule has 1 rings (SSSR count). The van der Waals surface area contributed by atoms with E-state index in [1.165, 1.54) is 6.07 Å². The van der Waals surface area contributed by atoms with Gasteiger partial charge in [-0.05, 0) is 18.2 Å². The third-order valence-electron chi connectivity index (χ3n) is 1.79. The van der Waals surface area contributed by atoms with Gasteiger partial charge in [0.2, 0.25) is 0 Å². The molecule has 0 aromatic heterocycles. The van der Waals surface area contributed by atoms with Gasteiger partial charge in [-0.3, -0.25) is 0 Å². The van der Waals surface area contributed by atoms with Crippen LogP contribution in [0.15, 0.2) is 24.3 Å². The second kappa shape index (κ2) is 4.74. The van der Waals surface area contributed by atoms with E-state index in [1.54, 1.807) is 6.07 Å². The van der Waals surface area contributed by atoms with Crippen molar-refractivity contribution in [3.05, 3.63) is 29.8 Å². The maximum atomic E-state index is 12.3. The maximum absolute atomic E-state index is 12.3. The minimum atomic E-state index is -4.30. The molecule has 0 spiro atoms. The van der Waals surface area contributed by atoms with Crippen LogP contribution in [0.3, 0.4) is 0 Å². The number of terminal acetylenes is 1. The Morgan fingerprint density at radius 1 is 1.33 bits per heavy atom. The Balaban J connectivity index is 2.71. The van der Waals surface area contributed by atoms with Gasteiger partial charge in [0.15, 0.2) is 0 Å². The highest BCUT2D eigenvalue weighted by Crippen LogP contribution is 2.30. The Morgan fingerprint density at radius 3 is 2.67 bits per heavy atom. The van der Waals surface area contributed by atoms with Gasteiger partial charge in [-0.15, -0.1) is 12.3 Å². The number of hydrogen-bond acceptors (Lipinski definition) is 1. The number of hydrogen-bond donors (Lipinski definition) is 1. The van der Waals surface area contributed by atoms with E-state index in [4.69, 9.17) is 6.42 Å². The minimum absolute atomic E-state index is 0.431. The molecule has 0 aliphatic carbocycles. The predicted molar refractivity (Wildman–Crippen MR) is 53.4 cm³/mol. The van der Waals surface area contributed by atoms with Crippen molar-refractivity contribution in [3.63, 3.8) is 0 Å². The molecule has 0 amide bonds. The Morgan fingerprint density at radius 2 is 2.07 bits per heavy atom. The molecule has 1 aromatic rings. The SMILES string of the molecule is C#CCCNc1cccc(C(F)(F)F)c1. The third-order valence-corrected chi connectivity index (χ3v) is 1.79. The monoisotopic (exact) mass is 213 g/mol. The standard InChI is InChI=1S/C11H10F3N/c1-2-3-7-15-10-6-4-5-9(8-10)11(12,13)14/h1,4-6,8,15H,3,7H2. The topological polar surface area (TPSA) is 12.0 Å². The van der Waals surface area contributed by atoms with E-state index in [-0.39, 0.29) is 0 Å². The molecule has 80 valence electrons. The maximum Gasteiger partial charge on any atom is 0.416 e. The highest BCUT2D eigenvalue weighted by Gasteiger charge is 2.30. The van der Waals surface area contributed by atoms with E-state index < -0.39 is 11.7 Å². The molecule has 0 saturated heterocycles. The molecule has 0 heterocycles. The Kier molecular flexibility index (Phi) is 3.62. The minimum Gasteiger partial charge on any atom is -0.384 e. The van der Waals surface area contributed by atoms with Crippen LogP contribution in [0.5, 0.6) is 0 Å². The number of benzene rings is 1. The number of halogens is 3. The lowest BCUT2D eigenvalue weighted by Gasteiger charge is -2.09. The normalized spacial score (nSPS) is 10.8. The lowest BCUT2D eigenvalue weighted by Crippen LogP contribution is -2.06. The molecule has 0 unspecified atom stereocenters. The van der Waals surface area contributed by atoms with Gasteiger partial charge in [0.05, 0.1) is 5.56 Å². The first-order chi connectivity index (χ1) is 7.04. The predicted octanol–water partition coefficient (Wildman–Crippen LogP) is 3.14. The quantitative estimate of drug-likeness (QED) is 0.600. The summed E-state index contributed by atoms with van der Waals surface area (Å²) < 4.78 is 36.9. The summed E-state index contributed by atoms with van der Waals surface area (Å²) in [7, 11) is 0. The van der Waals surface area contributed by atoms with Crippen molar-refractivity contribution in [3.8, 4) is 12.3 Å². The van der Waals surface area contributed by atoms with Gasteiger partial charge in [-0.2, -0.15) is 13.2 Å². The van der Waals surface area contributed by atoms with Crippen molar-refractivity contribution < 1.29 is 13.2 Å². The Bertz CT molecular complexity index is 363. The zero-order valence-electron chi connectivity index (χ0n) is 7.93. The van der Waals surface area contributed by atoms with Crippen LogP contribution in [0.4, 0.5) is 18.9 Å². The van der Waals surface area contributed by atoms with Gasteiger partial charge < -0.3 is 5.32 Å². The molecule has 1 N–H and O–H groups in total. The largest absolute Gasteiger partial charge is 0.416 e. The van der Waals surface area contributed by atoms with Crippen LogP contribution < -0.4 is 5.32 Å². The fourth-order valence-corrected chi connectivity index (χ4v) is 1.08. The summed E-state index contributed by atoms with van der Waals surface area (Å²) in [6.45, 7) is 0.470. The van der Waals surface area contributed by atoms with Crippen molar-refractivity contribution >= 4 is 5.69 Å². The van der Waals surface area contributed by atoms with Gasteiger partial charge in [0.25, 0.3) is 0 Å². The lowest BCUT2D eigenvalue weighted by molar-refractivity contribution is -0.137. The molecular formula is C11H10F3N. The molecule has 0 bridgehead atoms. The summed E-state index contributed by atoms with van der Waals surface area (Å²) in [5.41, 5.74) is -0.228. The smallest absolute Gasteiger partial charge is 0.384 e. The fourth-order valence-electron chi connectivity index (χ4n) is 1.08. The highest BCUT2D eigenvalue weighted by molar-refractivity contribution is 5.46. The zero-order valence-corrected chi connectivity index (χ0v) is 7.93. The van der Waals surface area contributed by atoms with Crippen LogP contribution in [0.2, 0.25) is 0 Å². The first-order valence-electron chi connectivity index (χ1n) is 4.38. The number of nitrogens with one attached hydrogen (secondary N) is 1. The van der Waals surface area contributed by atoms with Crippen molar-refractivity contribution in [2.24, 2.45) is 0 Å². The average molecular weight is 213 g/mol. The highest BCUT2D eigenvalue weighted by atomic mass is 19.4. The molecule has 0 aliphatic rings. The number of alkyl halides is 3. The van der Waals surface area contributed by atoms with E-state index in [9.17, 15) is 13.2 Å². The first kappa shape index (κ1) is 11.4. The van der Waals surface area contributed by atoms with E-state index in [0.29, 0.717) is 18.7 Å². The van der Waals surface area contributed by atoms with Crippen molar-refractivity contribution in [1.29, 1.82) is 0 Å². The van der Waals surface area contributed by atoms with Crippen LogP contribution in [-0.4, -0.2) is 6.54 Å². The summed E-state index contributed by atoms with van der Waals surface area (Å²) in [6.07, 6.45) is 1.20. The molecule has 1 aromatic carbocycles. The van der Waals surface area contributed by atoms with Crippen molar-refractivity contribution in [2.45, 2.75) is 12.6 Å². The lowest BCUT2D eigenvalue weighted by atomic mass is 10.2. The van der Waals surface area contributed by atoms with E-state index >= 15 is 0 Å². The van der Waals surface area contributed by atoms with Gasteiger partial charge in [0, 0.05) is 18.7 Å². The van der Waals surface area contributed by atoms with Crippen LogP contribution in [0.25, 0.3) is 0 Å². The zero-order chi connectivity index (χ0) is 11.3. The molecular weight excluding hydrogens is 203 g/mol. The number of anilines is 1. The van der Waals surface area contributed by atoms with Gasteiger partial charge in [-0.25, -0.2) is 0 Å². The van der Waals surface area contributed by atoms with E-state index in [0.717, 1.165) is 12.1 Å². The van der Waals surface area contributed by atoms with Gasteiger partial charge >= 0.3 is 6.18 Å². The van der Waals surface area contributed by atoms with Crippen molar-refractivity contribution in [2.75, 3.05) is 11.9 Å². The third kappa shape index (κ3) is 3.55. The van der Waals surface area contributed by atoms with Crippen LogP contribution >= 0.6 is 0 Å². The molecule has 1 nitrogen and oxygen atoms in total. The van der Waals surface area contributed by atoms with E-state index in [1.807, 2.05) is 0 Å². The summed E-state index contributed by atoms with van der Waals surface area (Å²) in [4.78, 5) is 0. The Hall–Kier alpha value is -1.63. The molecule has 0 aliphatic heterocycles. The van der Waals surface area contributed by atoms with Gasteiger partial charge in [-0.1, -0.05) is 6.07 Å². The summed E-state index contributed by atoms with van der Waals surface area (Å²) in [5, 5.41) is 2.82. The molecule has 0 radical (unpaired) electrons. The molecule has 0 atom stereocenters. The number of rotatable bonds is 3. The van der Waals surface area contributed by atoms with Crippen molar-refractivity contribution in [1.82, 2.24) is 0 Å². The molecule has 0 fully saturated rings. The van der Waals surface area contributed by atoms with Gasteiger partial charge in [0.1, 0.15) is 0 Å². The second-order valence-electron chi connectivity index (χ2n) is 2.96. The Labute approximate surface area is 86.3 Å².